The summed E-state index contributed by atoms with van der Waals surface area (Å²) in [5, 5.41) is 15.9. The summed E-state index contributed by atoms with van der Waals surface area (Å²) in [4.78, 5) is 23.7. The second kappa shape index (κ2) is 7.94. The molecule has 2 amide bonds. The third kappa shape index (κ3) is 3.93. The molecule has 0 bridgehead atoms. The SMILES string of the molecule is CCC(=O)Nc1ccc(NC(=O)c2n[nH]c3c2CNCC3)cc1.Cl. The number of fused-ring (bicyclic) bond motifs is 1. The summed E-state index contributed by atoms with van der Waals surface area (Å²) in [5.74, 6) is -0.283. The number of hydrogen-bond donors (Lipinski definition) is 4. The minimum Gasteiger partial charge on any atom is -0.326 e. The largest absolute Gasteiger partial charge is 0.326 e. The highest BCUT2D eigenvalue weighted by atomic mass is 35.5. The highest BCUT2D eigenvalue weighted by Gasteiger charge is 2.21. The van der Waals surface area contributed by atoms with Gasteiger partial charge in [0, 0.05) is 48.6 Å². The lowest BCUT2D eigenvalue weighted by atomic mass is 10.1. The predicted octanol–water partition coefficient (Wildman–Crippen LogP) is 2.08. The van der Waals surface area contributed by atoms with Gasteiger partial charge in [0.1, 0.15) is 0 Å². The molecule has 1 aromatic carbocycles. The summed E-state index contributed by atoms with van der Waals surface area (Å²) in [7, 11) is 0. The molecular formula is C16H20ClN5O2. The number of amides is 2. The van der Waals surface area contributed by atoms with Crippen molar-refractivity contribution in [2.45, 2.75) is 26.3 Å². The molecule has 0 atom stereocenters. The van der Waals surface area contributed by atoms with Crippen molar-refractivity contribution in [2.75, 3.05) is 17.2 Å². The van der Waals surface area contributed by atoms with Crippen molar-refractivity contribution >= 4 is 35.6 Å². The second-order valence-electron chi connectivity index (χ2n) is 5.39. The lowest BCUT2D eigenvalue weighted by molar-refractivity contribution is -0.115. The van der Waals surface area contributed by atoms with Crippen molar-refractivity contribution in [3.8, 4) is 0 Å². The molecule has 2 heterocycles. The number of halogens is 1. The Morgan fingerprint density at radius 3 is 2.50 bits per heavy atom. The Morgan fingerprint density at radius 1 is 1.17 bits per heavy atom. The topological polar surface area (TPSA) is 98.9 Å². The maximum atomic E-state index is 12.4. The smallest absolute Gasteiger partial charge is 0.276 e. The molecule has 128 valence electrons. The molecule has 0 radical (unpaired) electrons. The van der Waals surface area contributed by atoms with Crippen LogP contribution in [0.2, 0.25) is 0 Å². The summed E-state index contributed by atoms with van der Waals surface area (Å²) in [6, 6.07) is 7.01. The van der Waals surface area contributed by atoms with Crippen LogP contribution in [-0.4, -0.2) is 28.6 Å². The highest BCUT2D eigenvalue weighted by molar-refractivity contribution is 6.04. The summed E-state index contributed by atoms with van der Waals surface area (Å²) >= 11 is 0. The molecule has 1 aliphatic heterocycles. The van der Waals surface area contributed by atoms with Crippen LogP contribution in [0.25, 0.3) is 0 Å². The van der Waals surface area contributed by atoms with Gasteiger partial charge >= 0.3 is 0 Å². The summed E-state index contributed by atoms with van der Waals surface area (Å²) in [6.45, 7) is 3.33. The first-order chi connectivity index (χ1) is 11.2. The van der Waals surface area contributed by atoms with Crippen LogP contribution in [-0.2, 0) is 17.8 Å². The van der Waals surface area contributed by atoms with E-state index in [0.717, 1.165) is 24.2 Å². The van der Waals surface area contributed by atoms with E-state index >= 15 is 0 Å². The fourth-order valence-electron chi connectivity index (χ4n) is 2.49. The Balaban J connectivity index is 0.00000208. The van der Waals surface area contributed by atoms with Crippen molar-refractivity contribution in [1.82, 2.24) is 15.5 Å². The van der Waals surface area contributed by atoms with Gasteiger partial charge in [-0.2, -0.15) is 5.10 Å². The first-order valence-electron chi connectivity index (χ1n) is 7.65. The van der Waals surface area contributed by atoms with Gasteiger partial charge in [-0.1, -0.05) is 6.92 Å². The number of carbonyl (C=O) groups excluding carboxylic acids is 2. The average Bonchev–Trinajstić information content (AvgIpc) is 3.00. The molecule has 0 saturated heterocycles. The zero-order valence-electron chi connectivity index (χ0n) is 13.3. The van der Waals surface area contributed by atoms with E-state index in [4.69, 9.17) is 0 Å². The first-order valence-corrected chi connectivity index (χ1v) is 7.65. The van der Waals surface area contributed by atoms with Crippen LogP contribution in [0.4, 0.5) is 11.4 Å². The van der Waals surface area contributed by atoms with Gasteiger partial charge in [-0.25, -0.2) is 0 Å². The Kier molecular flexibility index (Phi) is 5.94. The number of rotatable bonds is 4. The minimum absolute atomic E-state index is 0. The molecule has 3 rings (SSSR count). The number of carbonyl (C=O) groups is 2. The molecule has 1 aliphatic rings. The van der Waals surface area contributed by atoms with Gasteiger partial charge in [-0.3, -0.25) is 14.7 Å². The maximum absolute atomic E-state index is 12.4. The van der Waals surface area contributed by atoms with Crippen LogP contribution in [0.5, 0.6) is 0 Å². The number of hydrogen-bond acceptors (Lipinski definition) is 4. The standard InChI is InChI=1S/C16H19N5O2.ClH/c1-2-14(22)18-10-3-5-11(6-4-10)19-16(23)15-12-9-17-8-7-13(12)20-21-15;/h3-6,17H,2,7-9H2,1H3,(H,18,22)(H,19,23)(H,20,21);1H. The van der Waals surface area contributed by atoms with E-state index in [1.165, 1.54) is 0 Å². The van der Waals surface area contributed by atoms with E-state index in [1.54, 1.807) is 31.2 Å². The molecule has 4 N–H and O–H groups in total. The number of H-pyrrole nitrogens is 1. The summed E-state index contributed by atoms with van der Waals surface area (Å²) < 4.78 is 0. The zero-order chi connectivity index (χ0) is 16.2. The number of aromatic amines is 1. The van der Waals surface area contributed by atoms with Crippen LogP contribution < -0.4 is 16.0 Å². The fourth-order valence-corrected chi connectivity index (χ4v) is 2.49. The third-order valence-corrected chi connectivity index (χ3v) is 3.77. The molecule has 0 unspecified atom stereocenters. The zero-order valence-corrected chi connectivity index (χ0v) is 14.1. The Bertz CT molecular complexity index is 727. The molecule has 1 aromatic heterocycles. The molecule has 7 nitrogen and oxygen atoms in total. The van der Waals surface area contributed by atoms with E-state index in [-0.39, 0.29) is 24.2 Å². The van der Waals surface area contributed by atoms with Crippen LogP contribution in [0.1, 0.15) is 35.1 Å². The van der Waals surface area contributed by atoms with Crippen LogP contribution in [0.15, 0.2) is 24.3 Å². The normalized spacial score (nSPS) is 12.7. The van der Waals surface area contributed by atoms with Gasteiger partial charge in [0.15, 0.2) is 5.69 Å². The fraction of sp³-hybridized carbons (Fsp3) is 0.312. The van der Waals surface area contributed by atoms with E-state index < -0.39 is 0 Å². The lowest BCUT2D eigenvalue weighted by Gasteiger charge is -2.13. The minimum atomic E-state index is -0.239. The molecule has 0 spiro atoms. The Hall–Kier alpha value is -2.38. The molecule has 0 aliphatic carbocycles. The Labute approximate surface area is 146 Å². The summed E-state index contributed by atoms with van der Waals surface area (Å²) in [6.07, 6.45) is 1.28. The predicted molar refractivity (Wildman–Crippen MR) is 94.6 cm³/mol. The van der Waals surface area contributed by atoms with Gasteiger partial charge in [0.05, 0.1) is 0 Å². The average molecular weight is 350 g/mol. The van der Waals surface area contributed by atoms with Crippen LogP contribution in [0, 0.1) is 0 Å². The third-order valence-electron chi connectivity index (χ3n) is 3.77. The van der Waals surface area contributed by atoms with E-state index in [1.807, 2.05) is 0 Å². The number of aromatic nitrogens is 2. The van der Waals surface area contributed by atoms with Crippen LogP contribution in [0.3, 0.4) is 0 Å². The van der Waals surface area contributed by atoms with Crippen molar-refractivity contribution < 1.29 is 9.59 Å². The van der Waals surface area contributed by atoms with Gasteiger partial charge in [0.25, 0.3) is 5.91 Å². The second-order valence-corrected chi connectivity index (χ2v) is 5.39. The summed E-state index contributed by atoms with van der Waals surface area (Å²) in [5.41, 5.74) is 3.74. The monoisotopic (exact) mass is 349 g/mol. The molecule has 24 heavy (non-hydrogen) atoms. The van der Waals surface area contributed by atoms with Gasteiger partial charge in [-0.15, -0.1) is 12.4 Å². The van der Waals surface area contributed by atoms with E-state index in [2.05, 4.69) is 26.1 Å². The van der Waals surface area contributed by atoms with E-state index in [9.17, 15) is 9.59 Å². The molecular weight excluding hydrogens is 330 g/mol. The van der Waals surface area contributed by atoms with Gasteiger partial charge in [-0.05, 0) is 24.3 Å². The van der Waals surface area contributed by atoms with Crippen molar-refractivity contribution in [1.29, 1.82) is 0 Å². The molecule has 0 saturated carbocycles. The van der Waals surface area contributed by atoms with Crippen LogP contribution >= 0.6 is 12.4 Å². The van der Waals surface area contributed by atoms with Crippen molar-refractivity contribution in [2.24, 2.45) is 0 Å². The number of benzene rings is 1. The van der Waals surface area contributed by atoms with E-state index in [0.29, 0.717) is 30.0 Å². The first kappa shape index (κ1) is 18.0. The number of nitrogens with zero attached hydrogens (tertiary/aromatic N) is 1. The van der Waals surface area contributed by atoms with Gasteiger partial charge in [0.2, 0.25) is 5.91 Å². The molecule has 8 heteroatoms. The Morgan fingerprint density at radius 2 is 1.83 bits per heavy atom. The van der Waals surface area contributed by atoms with Crippen molar-refractivity contribution in [3.63, 3.8) is 0 Å². The number of nitrogens with one attached hydrogen (secondary N) is 4. The molecule has 2 aromatic rings. The van der Waals surface area contributed by atoms with Gasteiger partial charge < -0.3 is 16.0 Å². The van der Waals surface area contributed by atoms with Crippen molar-refractivity contribution in [3.05, 3.63) is 41.2 Å². The lowest BCUT2D eigenvalue weighted by Crippen LogP contribution is -2.25. The highest BCUT2D eigenvalue weighted by Crippen LogP contribution is 2.18. The maximum Gasteiger partial charge on any atom is 0.276 e. The number of anilines is 2. The molecule has 0 fully saturated rings. The quantitative estimate of drug-likeness (QED) is 0.679.